The van der Waals surface area contributed by atoms with Crippen LogP contribution in [0.4, 0.5) is 11.4 Å². The maximum absolute atomic E-state index is 12.3. The van der Waals surface area contributed by atoms with Gasteiger partial charge in [-0.1, -0.05) is 11.6 Å². The SMILES string of the molecule is CC1C(=O)NCCN1C(C)C(=O)Nc1ccc(N)cc1Cl. The topological polar surface area (TPSA) is 87.5 Å². The van der Waals surface area contributed by atoms with Gasteiger partial charge in [0, 0.05) is 18.8 Å². The van der Waals surface area contributed by atoms with Crippen molar-refractivity contribution in [1.29, 1.82) is 0 Å². The molecule has 2 unspecified atom stereocenters. The summed E-state index contributed by atoms with van der Waals surface area (Å²) in [5.74, 6) is -0.269. The lowest BCUT2D eigenvalue weighted by Crippen LogP contribution is -2.58. The van der Waals surface area contributed by atoms with Crippen LogP contribution in [0.5, 0.6) is 0 Å². The Kier molecular flexibility index (Phi) is 4.69. The molecular weight excluding hydrogens is 292 g/mol. The molecule has 1 heterocycles. The molecule has 4 N–H and O–H groups in total. The number of nitrogens with two attached hydrogens (primary N) is 1. The van der Waals surface area contributed by atoms with E-state index < -0.39 is 6.04 Å². The zero-order valence-corrected chi connectivity index (χ0v) is 12.8. The van der Waals surface area contributed by atoms with E-state index in [1.165, 1.54) is 0 Å². The molecular formula is C14H19ClN4O2. The third-order valence-corrected chi connectivity index (χ3v) is 3.99. The first-order valence-electron chi connectivity index (χ1n) is 6.79. The average molecular weight is 311 g/mol. The Balaban J connectivity index is 2.07. The quantitative estimate of drug-likeness (QED) is 0.729. The average Bonchev–Trinajstić information content (AvgIpc) is 2.44. The number of nitrogens with one attached hydrogen (secondary N) is 2. The molecule has 114 valence electrons. The van der Waals surface area contributed by atoms with Gasteiger partial charge in [0.25, 0.3) is 0 Å². The van der Waals surface area contributed by atoms with Gasteiger partial charge in [0.1, 0.15) is 0 Å². The summed E-state index contributed by atoms with van der Waals surface area (Å²) in [5.41, 5.74) is 6.66. The lowest BCUT2D eigenvalue weighted by atomic mass is 10.1. The molecule has 0 aromatic heterocycles. The Morgan fingerprint density at radius 1 is 1.57 bits per heavy atom. The Bertz CT molecular complexity index is 564. The molecule has 1 aliphatic rings. The molecule has 1 aliphatic heterocycles. The first-order valence-corrected chi connectivity index (χ1v) is 7.17. The van der Waals surface area contributed by atoms with Crippen molar-refractivity contribution >= 4 is 34.8 Å². The highest BCUT2D eigenvalue weighted by molar-refractivity contribution is 6.34. The van der Waals surface area contributed by atoms with Gasteiger partial charge in [0.05, 0.1) is 22.8 Å². The Morgan fingerprint density at radius 2 is 2.29 bits per heavy atom. The molecule has 1 aromatic carbocycles. The molecule has 2 rings (SSSR count). The van der Waals surface area contributed by atoms with Crippen LogP contribution in [0.15, 0.2) is 18.2 Å². The smallest absolute Gasteiger partial charge is 0.241 e. The number of amides is 2. The largest absolute Gasteiger partial charge is 0.399 e. The summed E-state index contributed by atoms with van der Waals surface area (Å²) in [5, 5.41) is 5.93. The fourth-order valence-electron chi connectivity index (χ4n) is 2.35. The van der Waals surface area contributed by atoms with E-state index in [4.69, 9.17) is 17.3 Å². The molecule has 0 saturated carbocycles. The van der Waals surface area contributed by atoms with Crippen molar-refractivity contribution in [1.82, 2.24) is 10.2 Å². The summed E-state index contributed by atoms with van der Waals surface area (Å²) >= 11 is 6.04. The van der Waals surface area contributed by atoms with Crippen LogP contribution in [0.1, 0.15) is 13.8 Å². The summed E-state index contributed by atoms with van der Waals surface area (Å²) in [6, 6.07) is 4.15. The fraction of sp³-hybridized carbons (Fsp3) is 0.429. The molecule has 6 nitrogen and oxygen atoms in total. The van der Waals surface area contributed by atoms with Crippen LogP contribution in [-0.4, -0.2) is 41.9 Å². The van der Waals surface area contributed by atoms with E-state index in [-0.39, 0.29) is 17.9 Å². The number of benzene rings is 1. The molecule has 1 saturated heterocycles. The Morgan fingerprint density at radius 3 is 2.95 bits per heavy atom. The first kappa shape index (κ1) is 15.6. The number of nitrogens with zero attached hydrogens (tertiary/aromatic N) is 1. The minimum absolute atomic E-state index is 0.0635. The number of piperazine rings is 1. The lowest BCUT2D eigenvalue weighted by Gasteiger charge is -2.36. The summed E-state index contributed by atoms with van der Waals surface area (Å²) in [4.78, 5) is 25.8. The number of hydrogen-bond acceptors (Lipinski definition) is 4. The van der Waals surface area contributed by atoms with E-state index in [2.05, 4.69) is 10.6 Å². The van der Waals surface area contributed by atoms with E-state index in [9.17, 15) is 9.59 Å². The third kappa shape index (κ3) is 3.46. The molecule has 21 heavy (non-hydrogen) atoms. The second kappa shape index (κ2) is 6.32. The molecule has 2 amide bonds. The van der Waals surface area contributed by atoms with Gasteiger partial charge in [-0.05, 0) is 32.0 Å². The van der Waals surface area contributed by atoms with E-state index >= 15 is 0 Å². The molecule has 0 spiro atoms. The van der Waals surface area contributed by atoms with Gasteiger partial charge in [-0.25, -0.2) is 0 Å². The van der Waals surface area contributed by atoms with Crippen LogP contribution in [0, 0.1) is 0 Å². The number of anilines is 2. The highest BCUT2D eigenvalue weighted by Crippen LogP contribution is 2.24. The molecule has 0 aliphatic carbocycles. The molecule has 0 bridgehead atoms. The van der Waals surface area contributed by atoms with Gasteiger partial charge in [0.2, 0.25) is 11.8 Å². The van der Waals surface area contributed by atoms with Crippen molar-refractivity contribution in [3.05, 3.63) is 23.2 Å². The monoisotopic (exact) mass is 310 g/mol. The maximum atomic E-state index is 12.3. The number of rotatable bonds is 3. The van der Waals surface area contributed by atoms with Crippen molar-refractivity contribution in [2.45, 2.75) is 25.9 Å². The number of hydrogen-bond donors (Lipinski definition) is 3. The maximum Gasteiger partial charge on any atom is 0.241 e. The third-order valence-electron chi connectivity index (χ3n) is 3.67. The first-order chi connectivity index (χ1) is 9.90. The van der Waals surface area contributed by atoms with Crippen molar-refractivity contribution in [2.75, 3.05) is 24.1 Å². The van der Waals surface area contributed by atoms with Crippen LogP contribution in [0.2, 0.25) is 5.02 Å². The predicted octanol–water partition coefficient (Wildman–Crippen LogP) is 1.07. The number of halogens is 1. The second-order valence-electron chi connectivity index (χ2n) is 5.11. The van der Waals surface area contributed by atoms with Gasteiger partial charge in [0.15, 0.2) is 0 Å². The van der Waals surface area contributed by atoms with E-state index in [1.54, 1.807) is 32.0 Å². The van der Waals surface area contributed by atoms with Crippen LogP contribution >= 0.6 is 11.6 Å². The van der Waals surface area contributed by atoms with Crippen LogP contribution in [0.25, 0.3) is 0 Å². The van der Waals surface area contributed by atoms with Crippen molar-refractivity contribution in [2.24, 2.45) is 0 Å². The van der Waals surface area contributed by atoms with Crippen molar-refractivity contribution in [3.8, 4) is 0 Å². The summed E-state index contributed by atoms with van der Waals surface area (Å²) in [6.45, 7) is 4.74. The fourth-order valence-corrected chi connectivity index (χ4v) is 2.59. The zero-order chi connectivity index (χ0) is 15.6. The number of carbonyl (C=O) groups is 2. The molecule has 2 atom stereocenters. The van der Waals surface area contributed by atoms with E-state index in [1.807, 2.05) is 4.90 Å². The zero-order valence-electron chi connectivity index (χ0n) is 12.0. The molecule has 7 heteroatoms. The highest BCUT2D eigenvalue weighted by Gasteiger charge is 2.32. The summed E-state index contributed by atoms with van der Waals surface area (Å²) in [6.07, 6.45) is 0. The lowest BCUT2D eigenvalue weighted by molar-refractivity contribution is -0.132. The molecule has 1 aromatic rings. The van der Waals surface area contributed by atoms with Crippen LogP contribution in [0.3, 0.4) is 0 Å². The van der Waals surface area contributed by atoms with Gasteiger partial charge in [-0.15, -0.1) is 0 Å². The van der Waals surface area contributed by atoms with Gasteiger partial charge < -0.3 is 16.4 Å². The van der Waals surface area contributed by atoms with Gasteiger partial charge >= 0.3 is 0 Å². The summed E-state index contributed by atoms with van der Waals surface area (Å²) < 4.78 is 0. The predicted molar refractivity (Wildman–Crippen MR) is 83.1 cm³/mol. The second-order valence-corrected chi connectivity index (χ2v) is 5.52. The number of carbonyl (C=O) groups excluding carboxylic acids is 2. The Labute approximate surface area is 128 Å². The van der Waals surface area contributed by atoms with Crippen LogP contribution < -0.4 is 16.4 Å². The molecule has 0 radical (unpaired) electrons. The van der Waals surface area contributed by atoms with Crippen molar-refractivity contribution in [3.63, 3.8) is 0 Å². The summed E-state index contributed by atoms with van der Waals surface area (Å²) in [7, 11) is 0. The van der Waals surface area contributed by atoms with E-state index in [0.717, 1.165) is 0 Å². The Hall–Kier alpha value is -1.79. The minimum Gasteiger partial charge on any atom is -0.399 e. The minimum atomic E-state index is -0.431. The normalized spacial score (nSPS) is 20.7. The van der Waals surface area contributed by atoms with Crippen LogP contribution in [-0.2, 0) is 9.59 Å². The molecule has 1 fully saturated rings. The number of nitrogen functional groups attached to an aromatic ring is 1. The standard InChI is InChI=1S/C14H19ClN4O2/c1-8-13(20)17-5-6-19(8)9(2)14(21)18-12-4-3-10(16)7-11(12)15/h3-4,7-9H,5-6,16H2,1-2H3,(H,17,20)(H,18,21). The van der Waals surface area contributed by atoms with Gasteiger partial charge in [-0.2, -0.15) is 0 Å². The highest BCUT2D eigenvalue weighted by atomic mass is 35.5. The van der Waals surface area contributed by atoms with Crippen molar-refractivity contribution < 1.29 is 9.59 Å². The van der Waals surface area contributed by atoms with Gasteiger partial charge in [-0.3, -0.25) is 14.5 Å². The van der Waals surface area contributed by atoms with E-state index in [0.29, 0.717) is 29.5 Å².